The van der Waals surface area contributed by atoms with Crippen molar-refractivity contribution >= 4 is 5.91 Å². The molecule has 0 aromatic heterocycles. The van der Waals surface area contributed by atoms with Gasteiger partial charge in [-0.2, -0.15) is 0 Å². The Morgan fingerprint density at radius 2 is 2.13 bits per heavy atom. The predicted octanol–water partition coefficient (Wildman–Crippen LogP) is 0.224. The van der Waals surface area contributed by atoms with Gasteiger partial charge in [0.15, 0.2) is 0 Å². The second-order valence-corrected chi connectivity index (χ2v) is 3.30. The molecule has 1 aromatic rings. The first-order valence-electron chi connectivity index (χ1n) is 5.05. The average Bonchev–Trinajstić information content (AvgIpc) is 2.29. The largest absolute Gasteiger partial charge is 0.352 e. The Morgan fingerprint density at radius 1 is 1.33 bits per heavy atom. The van der Waals surface area contributed by atoms with Crippen LogP contribution in [-0.2, 0) is 6.54 Å². The van der Waals surface area contributed by atoms with Crippen LogP contribution in [0.2, 0.25) is 0 Å². The van der Waals surface area contributed by atoms with Crippen LogP contribution in [-0.4, -0.2) is 19.0 Å². The summed E-state index contributed by atoms with van der Waals surface area (Å²) in [5.74, 6) is -0.0706. The smallest absolute Gasteiger partial charge is 0.251 e. The summed E-state index contributed by atoms with van der Waals surface area (Å²) < 4.78 is 0. The minimum absolute atomic E-state index is 0.0706. The molecule has 0 atom stereocenters. The topological polar surface area (TPSA) is 81.1 Å². The van der Waals surface area contributed by atoms with Crippen molar-refractivity contribution < 1.29 is 4.79 Å². The maximum Gasteiger partial charge on any atom is 0.251 e. The standard InChI is InChI=1S/C11H17N3O/c12-5-2-6-14-11(15)10-4-1-3-9(7-10)8-13/h1,3-4,7H,2,5-6,8,12-13H2,(H,14,15). The summed E-state index contributed by atoms with van der Waals surface area (Å²) >= 11 is 0. The highest BCUT2D eigenvalue weighted by Crippen LogP contribution is 2.04. The molecule has 0 heterocycles. The first-order chi connectivity index (χ1) is 7.27. The fraction of sp³-hybridized carbons (Fsp3) is 0.364. The number of carbonyl (C=O) groups is 1. The minimum Gasteiger partial charge on any atom is -0.352 e. The van der Waals surface area contributed by atoms with Crippen LogP contribution in [0.5, 0.6) is 0 Å². The Hall–Kier alpha value is -1.39. The molecule has 82 valence electrons. The van der Waals surface area contributed by atoms with Crippen LogP contribution in [0.25, 0.3) is 0 Å². The van der Waals surface area contributed by atoms with Crippen molar-refractivity contribution in [3.05, 3.63) is 35.4 Å². The summed E-state index contributed by atoms with van der Waals surface area (Å²) in [7, 11) is 0. The Balaban J connectivity index is 2.57. The van der Waals surface area contributed by atoms with Crippen LogP contribution in [0.3, 0.4) is 0 Å². The zero-order chi connectivity index (χ0) is 11.1. The number of amides is 1. The van der Waals surface area contributed by atoms with Gasteiger partial charge in [0.2, 0.25) is 0 Å². The quantitative estimate of drug-likeness (QED) is 0.604. The highest BCUT2D eigenvalue weighted by molar-refractivity contribution is 5.94. The maximum atomic E-state index is 11.6. The molecule has 0 saturated heterocycles. The molecule has 0 radical (unpaired) electrons. The minimum atomic E-state index is -0.0706. The van der Waals surface area contributed by atoms with E-state index in [0.717, 1.165) is 12.0 Å². The van der Waals surface area contributed by atoms with Crippen molar-refractivity contribution in [2.75, 3.05) is 13.1 Å². The van der Waals surface area contributed by atoms with E-state index < -0.39 is 0 Å². The molecule has 0 unspecified atom stereocenters. The summed E-state index contributed by atoms with van der Waals surface area (Å²) in [5.41, 5.74) is 12.4. The maximum absolute atomic E-state index is 11.6. The van der Waals surface area contributed by atoms with E-state index in [0.29, 0.717) is 25.2 Å². The number of rotatable bonds is 5. The molecule has 15 heavy (non-hydrogen) atoms. The molecule has 1 aromatic carbocycles. The van der Waals surface area contributed by atoms with Gasteiger partial charge in [-0.1, -0.05) is 12.1 Å². The lowest BCUT2D eigenvalue weighted by atomic mass is 10.1. The lowest BCUT2D eigenvalue weighted by Gasteiger charge is -2.05. The monoisotopic (exact) mass is 207 g/mol. The van der Waals surface area contributed by atoms with Crippen molar-refractivity contribution in [2.45, 2.75) is 13.0 Å². The molecule has 0 saturated carbocycles. The van der Waals surface area contributed by atoms with E-state index in [4.69, 9.17) is 11.5 Å². The zero-order valence-electron chi connectivity index (χ0n) is 8.70. The molecule has 5 N–H and O–H groups in total. The van der Waals surface area contributed by atoms with E-state index in [1.54, 1.807) is 12.1 Å². The van der Waals surface area contributed by atoms with Gasteiger partial charge in [-0.05, 0) is 30.7 Å². The second-order valence-electron chi connectivity index (χ2n) is 3.30. The first kappa shape index (κ1) is 11.7. The molecular weight excluding hydrogens is 190 g/mol. The van der Waals surface area contributed by atoms with E-state index >= 15 is 0 Å². The Bertz CT molecular complexity index is 325. The molecule has 0 aliphatic carbocycles. The number of nitrogens with one attached hydrogen (secondary N) is 1. The lowest BCUT2D eigenvalue weighted by Crippen LogP contribution is -2.26. The number of carbonyl (C=O) groups excluding carboxylic acids is 1. The Kier molecular flexibility index (Phi) is 4.80. The summed E-state index contributed by atoms with van der Waals surface area (Å²) in [5, 5.41) is 2.79. The summed E-state index contributed by atoms with van der Waals surface area (Å²) in [4.78, 5) is 11.6. The van der Waals surface area contributed by atoms with Crippen molar-refractivity contribution in [2.24, 2.45) is 11.5 Å². The van der Waals surface area contributed by atoms with Gasteiger partial charge in [-0.15, -0.1) is 0 Å². The van der Waals surface area contributed by atoms with E-state index in [2.05, 4.69) is 5.32 Å². The third kappa shape index (κ3) is 3.69. The highest BCUT2D eigenvalue weighted by Gasteiger charge is 2.04. The van der Waals surface area contributed by atoms with Crippen LogP contribution in [0, 0.1) is 0 Å². The van der Waals surface area contributed by atoms with E-state index in [1.807, 2.05) is 12.1 Å². The van der Waals surface area contributed by atoms with Gasteiger partial charge in [0, 0.05) is 18.7 Å². The van der Waals surface area contributed by atoms with Crippen molar-refractivity contribution in [3.8, 4) is 0 Å². The molecule has 4 heteroatoms. The van der Waals surface area contributed by atoms with Crippen LogP contribution in [0.15, 0.2) is 24.3 Å². The normalized spacial score (nSPS) is 10.0. The lowest BCUT2D eigenvalue weighted by molar-refractivity contribution is 0.0953. The van der Waals surface area contributed by atoms with Gasteiger partial charge in [0.25, 0.3) is 5.91 Å². The highest BCUT2D eigenvalue weighted by atomic mass is 16.1. The van der Waals surface area contributed by atoms with Gasteiger partial charge < -0.3 is 16.8 Å². The predicted molar refractivity (Wildman–Crippen MR) is 60.3 cm³/mol. The molecule has 0 bridgehead atoms. The number of hydrogen-bond donors (Lipinski definition) is 3. The second kappa shape index (κ2) is 6.16. The molecular formula is C11H17N3O. The van der Waals surface area contributed by atoms with E-state index in [1.165, 1.54) is 0 Å². The van der Waals surface area contributed by atoms with Gasteiger partial charge in [0.05, 0.1) is 0 Å². The van der Waals surface area contributed by atoms with Crippen molar-refractivity contribution in [1.82, 2.24) is 5.32 Å². The molecule has 0 spiro atoms. The number of benzene rings is 1. The molecule has 1 rings (SSSR count). The molecule has 0 aliphatic heterocycles. The van der Waals surface area contributed by atoms with Gasteiger partial charge in [0.1, 0.15) is 0 Å². The summed E-state index contributed by atoms with van der Waals surface area (Å²) in [6.07, 6.45) is 0.794. The summed E-state index contributed by atoms with van der Waals surface area (Å²) in [6, 6.07) is 7.31. The Morgan fingerprint density at radius 3 is 2.80 bits per heavy atom. The van der Waals surface area contributed by atoms with Gasteiger partial charge >= 0.3 is 0 Å². The van der Waals surface area contributed by atoms with E-state index in [-0.39, 0.29) is 5.91 Å². The van der Waals surface area contributed by atoms with Gasteiger partial charge in [-0.3, -0.25) is 4.79 Å². The third-order valence-corrected chi connectivity index (χ3v) is 2.09. The van der Waals surface area contributed by atoms with Crippen LogP contribution < -0.4 is 16.8 Å². The van der Waals surface area contributed by atoms with Crippen molar-refractivity contribution in [1.29, 1.82) is 0 Å². The van der Waals surface area contributed by atoms with E-state index in [9.17, 15) is 4.79 Å². The summed E-state index contributed by atoms with van der Waals surface area (Å²) in [6.45, 7) is 1.65. The van der Waals surface area contributed by atoms with Crippen LogP contribution >= 0.6 is 0 Å². The Labute approximate surface area is 89.6 Å². The van der Waals surface area contributed by atoms with Gasteiger partial charge in [-0.25, -0.2) is 0 Å². The SMILES string of the molecule is NCCCNC(=O)c1cccc(CN)c1. The number of hydrogen-bond acceptors (Lipinski definition) is 3. The molecule has 0 aliphatic rings. The van der Waals surface area contributed by atoms with Crippen LogP contribution in [0.4, 0.5) is 0 Å². The first-order valence-corrected chi connectivity index (χ1v) is 5.05. The van der Waals surface area contributed by atoms with Crippen molar-refractivity contribution in [3.63, 3.8) is 0 Å². The zero-order valence-corrected chi connectivity index (χ0v) is 8.70. The molecule has 4 nitrogen and oxygen atoms in total. The number of nitrogens with two attached hydrogens (primary N) is 2. The average molecular weight is 207 g/mol. The molecule has 1 amide bonds. The fourth-order valence-electron chi connectivity index (χ4n) is 1.25. The third-order valence-electron chi connectivity index (χ3n) is 2.09. The van der Waals surface area contributed by atoms with Crippen LogP contribution in [0.1, 0.15) is 22.3 Å². The fourth-order valence-corrected chi connectivity index (χ4v) is 1.25. The molecule has 0 fully saturated rings.